The van der Waals surface area contributed by atoms with E-state index in [-0.39, 0.29) is 6.61 Å². The zero-order chi connectivity index (χ0) is 10.4. The van der Waals surface area contributed by atoms with Crippen molar-refractivity contribution in [3.63, 3.8) is 0 Å². The van der Waals surface area contributed by atoms with Crippen LogP contribution in [0.2, 0.25) is 0 Å². The molecule has 0 aliphatic heterocycles. The minimum Gasteiger partial charge on any atom is -0.395 e. The summed E-state index contributed by atoms with van der Waals surface area (Å²) in [5, 5.41) is 8.72. The molecule has 1 rings (SSSR count). The molecule has 0 fully saturated rings. The van der Waals surface area contributed by atoms with Crippen molar-refractivity contribution in [2.24, 2.45) is 0 Å². The van der Waals surface area contributed by atoms with E-state index in [2.05, 4.69) is 0 Å². The Morgan fingerprint density at radius 2 is 2.43 bits per heavy atom. The van der Waals surface area contributed by atoms with Gasteiger partial charge in [-0.15, -0.1) is 0 Å². The number of aldehydes is 1. The van der Waals surface area contributed by atoms with Gasteiger partial charge in [-0.05, 0) is 12.0 Å². The first-order valence-electron chi connectivity index (χ1n) is 4.62. The molecule has 0 spiro atoms. The summed E-state index contributed by atoms with van der Waals surface area (Å²) in [7, 11) is 1.88. The largest absolute Gasteiger partial charge is 0.395 e. The van der Waals surface area contributed by atoms with Crippen molar-refractivity contribution >= 4 is 6.29 Å². The molecule has 0 atom stereocenters. The van der Waals surface area contributed by atoms with Gasteiger partial charge in [0, 0.05) is 25.4 Å². The Bertz CT molecular complexity index is 290. The predicted molar refractivity (Wildman–Crippen MR) is 55.7 cm³/mol. The summed E-state index contributed by atoms with van der Waals surface area (Å²) in [4.78, 5) is 12.6. The molecule has 0 radical (unpaired) electrons. The van der Waals surface area contributed by atoms with Crippen molar-refractivity contribution < 1.29 is 9.90 Å². The molecule has 0 aromatic heterocycles. The van der Waals surface area contributed by atoms with Gasteiger partial charge < -0.3 is 10.0 Å². The summed E-state index contributed by atoms with van der Waals surface area (Å²) >= 11 is 0. The summed E-state index contributed by atoms with van der Waals surface area (Å²) in [5.41, 5.74) is 1.72. The van der Waals surface area contributed by atoms with Crippen molar-refractivity contribution in [1.82, 2.24) is 4.90 Å². The molecule has 1 aliphatic carbocycles. The van der Waals surface area contributed by atoms with E-state index in [4.69, 9.17) is 5.11 Å². The molecule has 1 N–H and O–H groups in total. The fourth-order valence-electron chi connectivity index (χ4n) is 1.32. The van der Waals surface area contributed by atoms with E-state index in [0.717, 1.165) is 23.9 Å². The third-order valence-electron chi connectivity index (χ3n) is 2.08. The Balaban J connectivity index is 2.71. The molecule has 0 aromatic rings. The lowest BCUT2D eigenvalue weighted by molar-refractivity contribution is -0.104. The van der Waals surface area contributed by atoms with Crippen LogP contribution in [0.3, 0.4) is 0 Å². The number of nitrogens with zero attached hydrogens (tertiary/aromatic N) is 1. The Labute approximate surface area is 84.0 Å². The SMILES string of the molecule is CN(C=C1CC=CC=C1C=O)CCO. The van der Waals surface area contributed by atoms with Gasteiger partial charge >= 0.3 is 0 Å². The molecule has 0 aromatic carbocycles. The van der Waals surface area contributed by atoms with E-state index >= 15 is 0 Å². The van der Waals surface area contributed by atoms with E-state index < -0.39 is 0 Å². The van der Waals surface area contributed by atoms with Crippen LogP contribution in [-0.4, -0.2) is 36.5 Å². The Hall–Kier alpha value is -1.35. The lowest BCUT2D eigenvalue weighted by Crippen LogP contribution is -2.16. The smallest absolute Gasteiger partial charge is 0.150 e. The van der Waals surface area contributed by atoms with Gasteiger partial charge in [-0.2, -0.15) is 0 Å². The summed E-state index contributed by atoms with van der Waals surface area (Å²) in [6, 6.07) is 0. The molecule has 0 amide bonds. The Kier molecular flexibility index (Phi) is 4.13. The first kappa shape index (κ1) is 10.7. The van der Waals surface area contributed by atoms with Crippen LogP contribution >= 0.6 is 0 Å². The summed E-state index contributed by atoms with van der Waals surface area (Å²) in [6.07, 6.45) is 9.23. The summed E-state index contributed by atoms with van der Waals surface area (Å²) < 4.78 is 0. The minimum absolute atomic E-state index is 0.121. The third kappa shape index (κ3) is 2.85. The van der Waals surface area contributed by atoms with Gasteiger partial charge in [-0.3, -0.25) is 4.79 Å². The lowest BCUT2D eigenvalue weighted by Gasteiger charge is -2.16. The standard InChI is InChI=1S/C11H15NO2/c1-12(6-7-13)8-10-4-2-3-5-11(10)9-14/h2-3,5,8-9,13H,4,6-7H2,1H3. The van der Waals surface area contributed by atoms with E-state index in [0.29, 0.717) is 6.54 Å². The zero-order valence-corrected chi connectivity index (χ0v) is 8.31. The van der Waals surface area contributed by atoms with Crippen LogP contribution in [0.5, 0.6) is 0 Å². The normalized spacial score (nSPS) is 18.1. The van der Waals surface area contributed by atoms with Crippen LogP contribution in [0.1, 0.15) is 6.42 Å². The van der Waals surface area contributed by atoms with Gasteiger partial charge in [0.25, 0.3) is 0 Å². The van der Waals surface area contributed by atoms with Crippen LogP contribution in [-0.2, 0) is 4.79 Å². The number of hydrogen-bond acceptors (Lipinski definition) is 3. The van der Waals surface area contributed by atoms with E-state index in [1.807, 2.05) is 30.3 Å². The Morgan fingerprint density at radius 1 is 1.64 bits per heavy atom. The maximum Gasteiger partial charge on any atom is 0.150 e. The maximum atomic E-state index is 10.7. The monoisotopic (exact) mass is 193 g/mol. The van der Waals surface area contributed by atoms with Crippen LogP contribution in [0.15, 0.2) is 35.6 Å². The number of likely N-dealkylation sites (N-methyl/N-ethyl adjacent to an activating group) is 1. The van der Waals surface area contributed by atoms with E-state index in [1.165, 1.54) is 0 Å². The number of hydrogen-bond donors (Lipinski definition) is 1. The van der Waals surface area contributed by atoms with Crippen molar-refractivity contribution in [2.75, 3.05) is 20.2 Å². The van der Waals surface area contributed by atoms with Gasteiger partial charge in [-0.25, -0.2) is 0 Å². The highest BCUT2D eigenvalue weighted by molar-refractivity contribution is 5.81. The van der Waals surface area contributed by atoms with Crippen molar-refractivity contribution in [1.29, 1.82) is 0 Å². The summed E-state index contributed by atoms with van der Waals surface area (Å²) in [6.45, 7) is 0.704. The molecule has 76 valence electrons. The number of aliphatic hydroxyl groups excluding tert-OH is 1. The maximum absolute atomic E-state index is 10.7. The van der Waals surface area contributed by atoms with Gasteiger partial charge in [0.2, 0.25) is 0 Å². The van der Waals surface area contributed by atoms with Crippen LogP contribution in [0.4, 0.5) is 0 Å². The topological polar surface area (TPSA) is 40.5 Å². The van der Waals surface area contributed by atoms with Crippen LogP contribution in [0.25, 0.3) is 0 Å². The highest BCUT2D eigenvalue weighted by Gasteiger charge is 2.06. The van der Waals surface area contributed by atoms with Crippen LogP contribution < -0.4 is 0 Å². The fourth-order valence-corrected chi connectivity index (χ4v) is 1.32. The molecule has 14 heavy (non-hydrogen) atoms. The van der Waals surface area contributed by atoms with E-state index in [9.17, 15) is 4.79 Å². The van der Waals surface area contributed by atoms with Gasteiger partial charge in [0.15, 0.2) is 0 Å². The number of carbonyl (C=O) groups is 1. The minimum atomic E-state index is 0.121. The second-order valence-corrected chi connectivity index (χ2v) is 3.23. The molecule has 0 bridgehead atoms. The predicted octanol–water partition coefficient (Wildman–Crippen LogP) is 0.880. The summed E-state index contributed by atoms with van der Waals surface area (Å²) in [5.74, 6) is 0. The number of aliphatic hydroxyl groups is 1. The van der Waals surface area contributed by atoms with Crippen LogP contribution in [0, 0.1) is 0 Å². The average Bonchev–Trinajstić information content (AvgIpc) is 2.19. The molecular formula is C11H15NO2. The highest BCUT2D eigenvalue weighted by Crippen LogP contribution is 2.17. The molecule has 0 heterocycles. The third-order valence-corrected chi connectivity index (χ3v) is 2.08. The van der Waals surface area contributed by atoms with E-state index in [1.54, 1.807) is 6.08 Å². The van der Waals surface area contributed by atoms with Crippen molar-refractivity contribution in [2.45, 2.75) is 6.42 Å². The second kappa shape index (κ2) is 5.40. The number of carbonyl (C=O) groups excluding carboxylic acids is 1. The zero-order valence-electron chi connectivity index (χ0n) is 8.31. The molecule has 0 unspecified atom stereocenters. The second-order valence-electron chi connectivity index (χ2n) is 3.23. The fraction of sp³-hybridized carbons (Fsp3) is 0.364. The molecular weight excluding hydrogens is 178 g/mol. The molecule has 0 saturated carbocycles. The molecule has 0 saturated heterocycles. The van der Waals surface area contributed by atoms with Crippen molar-refractivity contribution in [3.8, 4) is 0 Å². The lowest BCUT2D eigenvalue weighted by atomic mass is 10.0. The molecule has 3 nitrogen and oxygen atoms in total. The highest BCUT2D eigenvalue weighted by atomic mass is 16.3. The first-order valence-corrected chi connectivity index (χ1v) is 4.62. The van der Waals surface area contributed by atoms with Gasteiger partial charge in [-0.1, -0.05) is 18.2 Å². The van der Waals surface area contributed by atoms with Gasteiger partial charge in [0.1, 0.15) is 6.29 Å². The van der Waals surface area contributed by atoms with Crippen molar-refractivity contribution in [3.05, 3.63) is 35.6 Å². The molecule has 3 heteroatoms. The Morgan fingerprint density at radius 3 is 3.07 bits per heavy atom. The molecule has 1 aliphatic rings. The number of allylic oxidation sites excluding steroid dienone is 5. The number of rotatable bonds is 4. The quantitative estimate of drug-likeness (QED) is 0.674. The van der Waals surface area contributed by atoms with Gasteiger partial charge in [0.05, 0.1) is 6.61 Å². The average molecular weight is 193 g/mol. The first-order chi connectivity index (χ1) is 6.77.